The standard InChI is InChI=1S/C22H29N3O/c26-21-20(16-17-10-4-1-5-11-17)24-22(23-18-12-6-2-7-13-18)25(21)19-14-8-3-9-15-19/h1,4-5,10-11,16,18-19H,2-3,6-9,12-15H2,(H,23,24)/b20-16+. The number of aliphatic imine (C=N–C) groups is 1. The number of rotatable bonds is 3. The van der Waals surface area contributed by atoms with Crippen LogP contribution >= 0.6 is 0 Å². The van der Waals surface area contributed by atoms with Crippen LogP contribution < -0.4 is 5.32 Å². The summed E-state index contributed by atoms with van der Waals surface area (Å²) >= 11 is 0. The summed E-state index contributed by atoms with van der Waals surface area (Å²) in [6, 6.07) is 10.7. The number of carbonyl (C=O) groups excluding carboxylic acids is 1. The van der Waals surface area contributed by atoms with Crippen molar-refractivity contribution in [1.29, 1.82) is 0 Å². The number of guanidine groups is 1. The molecule has 1 amide bonds. The molecule has 0 radical (unpaired) electrons. The molecule has 1 heterocycles. The maximum absolute atomic E-state index is 13.2. The Balaban J connectivity index is 1.62. The molecule has 4 nitrogen and oxygen atoms in total. The first kappa shape index (κ1) is 17.3. The van der Waals surface area contributed by atoms with Crippen LogP contribution in [0.3, 0.4) is 0 Å². The first-order chi connectivity index (χ1) is 12.8. The topological polar surface area (TPSA) is 44.7 Å². The fourth-order valence-electron chi connectivity index (χ4n) is 4.43. The highest BCUT2D eigenvalue weighted by atomic mass is 16.2. The summed E-state index contributed by atoms with van der Waals surface area (Å²) in [5.74, 6) is 0.895. The third kappa shape index (κ3) is 3.84. The van der Waals surface area contributed by atoms with Crippen LogP contribution in [-0.4, -0.2) is 28.9 Å². The minimum Gasteiger partial charge on any atom is -0.321 e. The Morgan fingerprint density at radius 2 is 1.58 bits per heavy atom. The van der Waals surface area contributed by atoms with E-state index in [4.69, 9.17) is 4.99 Å². The van der Waals surface area contributed by atoms with E-state index in [0.29, 0.717) is 17.8 Å². The predicted octanol–water partition coefficient (Wildman–Crippen LogP) is 4.48. The van der Waals surface area contributed by atoms with Gasteiger partial charge in [-0.25, -0.2) is 4.99 Å². The van der Waals surface area contributed by atoms with Crippen LogP contribution in [0.5, 0.6) is 0 Å². The first-order valence-electron chi connectivity index (χ1n) is 10.3. The largest absolute Gasteiger partial charge is 0.321 e. The normalized spacial score (nSPS) is 25.8. The molecule has 1 aromatic carbocycles. The molecule has 2 saturated carbocycles. The summed E-state index contributed by atoms with van der Waals surface area (Å²) in [5, 5.41) is 3.37. The average molecular weight is 351 g/mol. The third-order valence-corrected chi connectivity index (χ3v) is 5.85. The molecule has 4 rings (SSSR count). The number of carbonyl (C=O) groups is 1. The van der Waals surface area contributed by atoms with Gasteiger partial charge in [0.15, 0.2) is 0 Å². The van der Waals surface area contributed by atoms with Crippen LogP contribution in [0.1, 0.15) is 69.8 Å². The van der Waals surface area contributed by atoms with Gasteiger partial charge in [-0.2, -0.15) is 0 Å². The van der Waals surface area contributed by atoms with Crippen molar-refractivity contribution in [3.8, 4) is 0 Å². The highest BCUT2D eigenvalue weighted by Crippen LogP contribution is 2.28. The molecule has 3 fully saturated rings. The van der Waals surface area contributed by atoms with E-state index < -0.39 is 0 Å². The van der Waals surface area contributed by atoms with Gasteiger partial charge >= 0.3 is 0 Å². The van der Waals surface area contributed by atoms with Crippen molar-refractivity contribution >= 4 is 17.9 Å². The van der Waals surface area contributed by atoms with Crippen LogP contribution in [0, 0.1) is 0 Å². The molecule has 3 aliphatic rings. The third-order valence-electron chi connectivity index (χ3n) is 5.85. The molecule has 2 aliphatic carbocycles. The Kier molecular flexibility index (Phi) is 5.37. The fourth-order valence-corrected chi connectivity index (χ4v) is 4.43. The number of hydrogen-bond acceptors (Lipinski definition) is 2. The zero-order chi connectivity index (χ0) is 17.8. The monoisotopic (exact) mass is 351 g/mol. The van der Waals surface area contributed by atoms with Gasteiger partial charge in [0.1, 0.15) is 5.70 Å². The first-order valence-corrected chi connectivity index (χ1v) is 10.3. The second kappa shape index (κ2) is 8.07. The Morgan fingerprint density at radius 3 is 2.27 bits per heavy atom. The predicted molar refractivity (Wildman–Crippen MR) is 106 cm³/mol. The van der Waals surface area contributed by atoms with Crippen LogP contribution in [0.4, 0.5) is 0 Å². The summed E-state index contributed by atoms with van der Waals surface area (Å²) < 4.78 is 0. The van der Waals surface area contributed by atoms with Gasteiger partial charge in [0.25, 0.3) is 5.91 Å². The van der Waals surface area contributed by atoms with Gasteiger partial charge in [-0.05, 0) is 37.3 Å². The molecule has 4 heteroatoms. The minimum atomic E-state index is 0.0929. The van der Waals surface area contributed by atoms with Crippen molar-refractivity contribution in [2.24, 2.45) is 4.99 Å². The molecule has 1 N–H and O–H groups in total. The second-order valence-electron chi connectivity index (χ2n) is 7.81. The molecule has 1 saturated heterocycles. The van der Waals surface area contributed by atoms with Crippen molar-refractivity contribution in [1.82, 2.24) is 10.2 Å². The van der Waals surface area contributed by atoms with E-state index in [2.05, 4.69) is 5.32 Å². The SMILES string of the molecule is O=C1/C(=C\c2ccccc2)NC(=NC2CCCCC2)N1C1CCCCC1. The number of amides is 1. The van der Waals surface area contributed by atoms with E-state index >= 15 is 0 Å². The van der Waals surface area contributed by atoms with Crippen molar-refractivity contribution < 1.29 is 4.79 Å². The minimum absolute atomic E-state index is 0.0929. The van der Waals surface area contributed by atoms with E-state index in [1.165, 1.54) is 38.5 Å². The van der Waals surface area contributed by atoms with E-state index in [1.54, 1.807) is 0 Å². The molecule has 0 spiro atoms. The number of benzene rings is 1. The lowest BCUT2D eigenvalue weighted by atomic mass is 9.94. The Hall–Kier alpha value is -2.10. The summed E-state index contributed by atoms with van der Waals surface area (Å²) in [6.45, 7) is 0. The Bertz CT molecular complexity index is 683. The van der Waals surface area contributed by atoms with Gasteiger partial charge in [-0.3, -0.25) is 9.69 Å². The fraction of sp³-hybridized carbons (Fsp3) is 0.545. The number of hydrogen-bond donors (Lipinski definition) is 1. The molecular weight excluding hydrogens is 322 g/mol. The number of nitrogens with one attached hydrogen (secondary N) is 1. The van der Waals surface area contributed by atoms with Crippen LogP contribution in [0.2, 0.25) is 0 Å². The molecule has 26 heavy (non-hydrogen) atoms. The second-order valence-corrected chi connectivity index (χ2v) is 7.81. The van der Waals surface area contributed by atoms with Gasteiger partial charge in [0.05, 0.1) is 6.04 Å². The maximum Gasteiger partial charge on any atom is 0.277 e. The summed E-state index contributed by atoms with van der Waals surface area (Å²) in [5.41, 5.74) is 1.71. The lowest BCUT2D eigenvalue weighted by molar-refractivity contribution is -0.124. The van der Waals surface area contributed by atoms with Gasteiger partial charge in [-0.1, -0.05) is 68.9 Å². The molecule has 0 atom stereocenters. The van der Waals surface area contributed by atoms with Crippen molar-refractivity contribution in [2.45, 2.75) is 76.3 Å². The van der Waals surface area contributed by atoms with Crippen LogP contribution in [-0.2, 0) is 4.79 Å². The van der Waals surface area contributed by atoms with E-state index in [1.807, 2.05) is 41.3 Å². The molecule has 0 aromatic heterocycles. The average Bonchev–Trinajstić information content (AvgIpc) is 2.99. The lowest BCUT2D eigenvalue weighted by Crippen LogP contribution is -2.43. The zero-order valence-corrected chi connectivity index (χ0v) is 15.5. The van der Waals surface area contributed by atoms with E-state index in [9.17, 15) is 4.79 Å². The highest BCUT2D eigenvalue weighted by molar-refractivity contribution is 6.15. The van der Waals surface area contributed by atoms with Crippen LogP contribution in [0.15, 0.2) is 41.0 Å². The van der Waals surface area contributed by atoms with Crippen molar-refractivity contribution in [3.05, 3.63) is 41.6 Å². The van der Waals surface area contributed by atoms with Crippen LogP contribution in [0.25, 0.3) is 6.08 Å². The number of nitrogens with zero attached hydrogens (tertiary/aromatic N) is 2. The molecule has 0 unspecified atom stereocenters. The van der Waals surface area contributed by atoms with Gasteiger partial charge < -0.3 is 5.32 Å². The van der Waals surface area contributed by atoms with Crippen molar-refractivity contribution in [3.63, 3.8) is 0 Å². The van der Waals surface area contributed by atoms with E-state index in [0.717, 1.165) is 37.2 Å². The van der Waals surface area contributed by atoms with Gasteiger partial charge in [0, 0.05) is 6.04 Å². The Morgan fingerprint density at radius 1 is 0.923 bits per heavy atom. The zero-order valence-electron chi connectivity index (χ0n) is 15.5. The molecule has 1 aliphatic heterocycles. The molecular formula is C22H29N3O. The van der Waals surface area contributed by atoms with Gasteiger partial charge in [-0.15, -0.1) is 0 Å². The molecule has 1 aromatic rings. The van der Waals surface area contributed by atoms with Crippen molar-refractivity contribution in [2.75, 3.05) is 0 Å². The Labute approximate surface area is 156 Å². The summed E-state index contributed by atoms with van der Waals surface area (Å²) in [6.07, 6.45) is 14.0. The molecule has 138 valence electrons. The quantitative estimate of drug-likeness (QED) is 0.816. The van der Waals surface area contributed by atoms with Gasteiger partial charge in [0.2, 0.25) is 5.96 Å². The lowest BCUT2D eigenvalue weighted by Gasteiger charge is -2.30. The molecule has 0 bridgehead atoms. The maximum atomic E-state index is 13.2. The highest BCUT2D eigenvalue weighted by Gasteiger charge is 2.38. The van der Waals surface area contributed by atoms with E-state index in [-0.39, 0.29) is 5.91 Å². The summed E-state index contributed by atoms with van der Waals surface area (Å²) in [4.78, 5) is 20.2. The summed E-state index contributed by atoms with van der Waals surface area (Å²) in [7, 11) is 0. The smallest absolute Gasteiger partial charge is 0.277 e.